The number of nitrogens with zero attached hydrogens (tertiary/aromatic N) is 4. The van der Waals surface area contributed by atoms with E-state index < -0.39 is 0 Å². The summed E-state index contributed by atoms with van der Waals surface area (Å²) >= 11 is 0. The molecule has 0 spiro atoms. The van der Waals surface area contributed by atoms with E-state index in [-0.39, 0.29) is 5.91 Å². The van der Waals surface area contributed by atoms with Crippen molar-refractivity contribution < 1.29 is 4.79 Å². The Kier molecular flexibility index (Phi) is 4.98. The largest absolute Gasteiger partial charge is 0.335 e. The molecule has 1 aliphatic rings. The van der Waals surface area contributed by atoms with Crippen LogP contribution in [0.4, 0.5) is 0 Å². The predicted octanol–water partition coefficient (Wildman–Crippen LogP) is 2.74. The van der Waals surface area contributed by atoms with Gasteiger partial charge >= 0.3 is 0 Å². The van der Waals surface area contributed by atoms with Gasteiger partial charge < -0.3 is 4.90 Å². The zero-order valence-corrected chi connectivity index (χ0v) is 15.4. The fraction of sp³-hybridized carbons (Fsp3) is 0.286. The first-order valence-electron chi connectivity index (χ1n) is 9.22. The topological polar surface area (TPSA) is 65.1 Å². The van der Waals surface area contributed by atoms with Crippen LogP contribution in [0.2, 0.25) is 0 Å². The molecule has 0 bridgehead atoms. The van der Waals surface area contributed by atoms with E-state index in [1.54, 1.807) is 6.20 Å². The molecule has 1 aromatic carbocycles. The van der Waals surface area contributed by atoms with E-state index in [9.17, 15) is 4.79 Å². The molecule has 6 nitrogen and oxygen atoms in total. The van der Waals surface area contributed by atoms with Crippen molar-refractivity contribution in [2.45, 2.75) is 13.5 Å². The van der Waals surface area contributed by atoms with Crippen molar-refractivity contribution in [3.8, 4) is 11.3 Å². The molecular weight excluding hydrogens is 338 g/mol. The number of aromatic nitrogens is 3. The van der Waals surface area contributed by atoms with Crippen molar-refractivity contribution in [2.24, 2.45) is 0 Å². The maximum atomic E-state index is 12.8. The first-order chi connectivity index (χ1) is 13.2. The second-order valence-electron chi connectivity index (χ2n) is 6.96. The highest BCUT2D eigenvalue weighted by molar-refractivity contribution is 5.93. The van der Waals surface area contributed by atoms with Gasteiger partial charge in [-0.05, 0) is 24.6 Å². The van der Waals surface area contributed by atoms with E-state index in [0.29, 0.717) is 5.69 Å². The molecular formula is C21H23N5O. The number of piperazine rings is 1. The summed E-state index contributed by atoms with van der Waals surface area (Å²) in [5, 5.41) is 7.22. The lowest BCUT2D eigenvalue weighted by atomic mass is 10.1. The van der Waals surface area contributed by atoms with Gasteiger partial charge in [0, 0.05) is 50.7 Å². The lowest BCUT2D eigenvalue weighted by molar-refractivity contribution is 0.0622. The van der Waals surface area contributed by atoms with Crippen LogP contribution in [0.15, 0.2) is 54.9 Å². The Bertz CT molecular complexity index is 896. The Morgan fingerprint density at radius 2 is 1.89 bits per heavy atom. The number of carbonyl (C=O) groups excluding carboxylic acids is 1. The van der Waals surface area contributed by atoms with Crippen LogP contribution < -0.4 is 0 Å². The van der Waals surface area contributed by atoms with Crippen LogP contribution in [0.3, 0.4) is 0 Å². The van der Waals surface area contributed by atoms with Gasteiger partial charge in [0.1, 0.15) is 5.69 Å². The van der Waals surface area contributed by atoms with Gasteiger partial charge in [-0.2, -0.15) is 5.10 Å². The number of pyridine rings is 1. The van der Waals surface area contributed by atoms with Crippen LogP contribution >= 0.6 is 0 Å². The molecule has 4 rings (SSSR count). The molecule has 6 heteroatoms. The van der Waals surface area contributed by atoms with Crippen LogP contribution in [-0.2, 0) is 6.54 Å². The first kappa shape index (κ1) is 17.4. The summed E-state index contributed by atoms with van der Waals surface area (Å²) in [6.45, 7) is 6.09. The summed E-state index contributed by atoms with van der Waals surface area (Å²) in [7, 11) is 0. The maximum absolute atomic E-state index is 12.8. The van der Waals surface area contributed by atoms with Crippen molar-refractivity contribution in [1.29, 1.82) is 0 Å². The normalized spacial score (nSPS) is 15.1. The minimum Gasteiger partial charge on any atom is -0.335 e. The lowest BCUT2D eigenvalue weighted by Crippen LogP contribution is -2.48. The van der Waals surface area contributed by atoms with E-state index in [2.05, 4.69) is 33.1 Å². The fourth-order valence-corrected chi connectivity index (χ4v) is 3.33. The third kappa shape index (κ3) is 4.06. The smallest absolute Gasteiger partial charge is 0.271 e. The molecule has 0 radical (unpaired) electrons. The zero-order chi connectivity index (χ0) is 18.6. The number of amides is 1. The number of aromatic amines is 1. The number of nitrogens with one attached hydrogen (secondary N) is 1. The second kappa shape index (κ2) is 7.72. The van der Waals surface area contributed by atoms with Gasteiger partial charge in [0.15, 0.2) is 0 Å². The molecule has 1 fully saturated rings. The molecule has 1 saturated heterocycles. The fourth-order valence-electron chi connectivity index (χ4n) is 3.33. The molecule has 1 N–H and O–H groups in total. The maximum Gasteiger partial charge on any atom is 0.271 e. The average Bonchev–Trinajstić information content (AvgIpc) is 3.20. The molecule has 1 aliphatic heterocycles. The van der Waals surface area contributed by atoms with Gasteiger partial charge in [0.2, 0.25) is 0 Å². The standard InChI is InChI=1S/C21H23N5O/c1-16-4-6-18(7-5-16)19-13-20(24-23-19)21(27)26-11-9-25(10-12-26)15-17-3-2-8-22-14-17/h2-8,13-14H,9-12,15H2,1H3,(H,23,24). The molecule has 0 aliphatic carbocycles. The summed E-state index contributed by atoms with van der Waals surface area (Å²) in [6.07, 6.45) is 3.68. The summed E-state index contributed by atoms with van der Waals surface area (Å²) in [5.41, 5.74) is 4.76. The first-order valence-corrected chi connectivity index (χ1v) is 9.22. The van der Waals surface area contributed by atoms with Crippen LogP contribution in [0, 0.1) is 6.92 Å². The molecule has 3 heterocycles. The van der Waals surface area contributed by atoms with Crippen LogP contribution in [-0.4, -0.2) is 57.1 Å². The third-order valence-electron chi connectivity index (χ3n) is 4.94. The van der Waals surface area contributed by atoms with Gasteiger partial charge in [0.05, 0.1) is 5.69 Å². The zero-order valence-electron chi connectivity index (χ0n) is 15.4. The highest BCUT2D eigenvalue weighted by Gasteiger charge is 2.23. The predicted molar refractivity (Wildman–Crippen MR) is 104 cm³/mol. The number of carbonyl (C=O) groups is 1. The summed E-state index contributed by atoms with van der Waals surface area (Å²) in [6, 6.07) is 14.0. The van der Waals surface area contributed by atoms with E-state index in [4.69, 9.17) is 0 Å². The molecule has 0 atom stereocenters. The monoisotopic (exact) mass is 361 g/mol. The Morgan fingerprint density at radius 3 is 2.59 bits per heavy atom. The molecule has 1 amide bonds. The Balaban J connectivity index is 1.36. The van der Waals surface area contributed by atoms with Gasteiger partial charge in [-0.1, -0.05) is 35.9 Å². The van der Waals surface area contributed by atoms with E-state index in [1.807, 2.05) is 47.5 Å². The van der Waals surface area contributed by atoms with Crippen molar-refractivity contribution in [3.63, 3.8) is 0 Å². The van der Waals surface area contributed by atoms with Crippen LogP contribution in [0.1, 0.15) is 21.6 Å². The van der Waals surface area contributed by atoms with E-state index in [0.717, 1.165) is 44.0 Å². The summed E-state index contributed by atoms with van der Waals surface area (Å²) < 4.78 is 0. The van der Waals surface area contributed by atoms with Crippen molar-refractivity contribution in [3.05, 3.63) is 71.7 Å². The third-order valence-corrected chi connectivity index (χ3v) is 4.94. The SMILES string of the molecule is Cc1ccc(-c2cc(C(=O)N3CCN(Cc4cccnc4)CC3)[nH]n2)cc1. The molecule has 3 aromatic rings. The van der Waals surface area contributed by atoms with Crippen LogP contribution in [0.5, 0.6) is 0 Å². The van der Waals surface area contributed by atoms with Crippen LogP contribution in [0.25, 0.3) is 11.3 Å². The van der Waals surface area contributed by atoms with Crippen molar-refractivity contribution in [2.75, 3.05) is 26.2 Å². The quantitative estimate of drug-likeness (QED) is 0.776. The Hall–Kier alpha value is -2.99. The molecule has 0 saturated carbocycles. The van der Waals surface area contributed by atoms with Gasteiger partial charge in [-0.15, -0.1) is 0 Å². The molecule has 138 valence electrons. The molecule has 2 aromatic heterocycles. The lowest BCUT2D eigenvalue weighted by Gasteiger charge is -2.34. The summed E-state index contributed by atoms with van der Waals surface area (Å²) in [5.74, 6) is 0.0156. The Morgan fingerprint density at radius 1 is 1.11 bits per heavy atom. The van der Waals surface area contributed by atoms with Gasteiger partial charge in [-0.25, -0.2) is 0 Å². The number of hydrogen-bond acceptors (Lipinski definition) is 4. The number of hydrogen-bond donors (Lipinski definition) is 1. The molecule has 27 heavy (non-hydrogen) atoms. The van der Waals surface area contributed by atoms with E-state index in [1.165, 1.54) is 11.1 Å². The highest BCUT2D eigenvalue weighted by atomic mass is 16.2. The second-order valence-corrected chi connectivity index (χ2v) is 6.96. The van der Waals surface area contributed by atoms with E-state index >= 15 is 0 Å². The average molecular weight is 361 g/mol. The number of aryl methyl sites for hydroxylation is 1. The minimum atomic E-state index is 0.0156. The number of H-pyrrole nitrogens is 1. The van der Waals surface area contributed by atoms with Gasteiger partial charge in [-0.3, -0.25) is 19.8 Å². The summed E-state index contributed by atoms with van der Waals surface area (Å²) in [4.78, 5) is 21.2. The molecule has 0 unspecified atom stereocenters. The number of rotatable bonds is 4. The number of benzene rings is 1. The highest BCUT2D eigenvalue weighted by Crippen LogP contribution is 2.19. The Labute approximate surface area is 158 Å². The van der Waals surface area contributed by atoms with Crippen molar-refractivity contribution >= 4 is 5.91 Å². The minimum absolute atomic E-state index is 0.0156. The van der Waals surface area contributed by atoms with Gasteiger partial charge in [0.25, 0.3) is 5.91 Å². The van der Waals surface area contributed by atoms with Crippen molar-refractivity contribution in [1.82, 2.24) is 25.0 Å².